The number of carbonyl (C=O) groups excluding carboxylic acids is 2. The predicted octanol–water partition coefficient (Wildman–Crippen LogP) is 2.89. The molecule has 0 aliphatic carbocycles. The van der Waals surface area contributed by atoms with E-state index in [1.165, 1.54) is 0 Å². The number of carbonyl (C=O) groups is 2. The maximum absolute atomic E-state index is 13.2. The molecule has 6 nitrogen and oxygen atoms in total. The first-order valence-corrected chi connectivity index (χ1v) is 8.58. The number of aromatic nitrogens is 2. The van der Waals surface area contributed by atoms with Gasteiger partial charge < -0.3 is 10.6 Å². The standard InChI is InChI=1S/C20H14F4N4O2/c21-13-1-11(2-14(22)5-13)8-25-19(29)17-7-18(28-10-27-17)20(30)26-9-12-3-15(23)6-16(24)4-12/h1-7,10H,8-9H2,(H,25,29)(H,26,30). The van der Waals surface area contributed by atoms with E-state index >= 15 is 0 Å². The summed E-state index contributed by atoms with van der Waals surface area (Å²) in [6, 6.07) is 6.80. The normalized spacial score (nSPS) is 10.5. The highest BCUT2D eigenvalue weighted by Gasteiger charge is 2.14. The Morgan fingerprint density at radius 1 is 0.633 bits per heavy atom. The SMILES string of the molecule is O=C(NCc1cc(F)cc(F)c1)c1cc(C(=O)NCc2cc(F)cc(F)c2)ncn1. The van der Waals surface area contributed by atoms with Gasteiger partial charge in [0.15, 0.2) is 0 Å². The summed E-state index contributed by atoms with van der Waals surface area (Å²) in [5, 5.41) is 4.86. The third-order valence-corrected chi connectivity index (χ3v) is 3.88. The second kappa shape index (κ2) is 9.12. The van der Waals surface area contributed by atoms with E-state index in [0.29, 0.717) is 12.1 Å². The van der Waals surface area contributed by atoms with Crippen molar-refractivity contribution in [3.8, 4) is 0 Å². The van der Waals surface area contributed by atoms with Crippen molar-refractivity contribution < 1.29 is 27.2 Å². The van der Waals surface area contributed by atoms with Crippen LogP contribution in [-0.2, 0) is 13.1 Å². The van der Waals surface area contributed by atoms with Crippen LogP contribution < -0.4 is 10.6 Å². The lowest BCUT2D eigenvalue weighted by atomic mass is 10.2. The first-order chi connectivity index (χ1) is 14.3. The fourth-order valence-corrected chi connectivity index (χ4v) is 2.58. The van der Waals surface area contributed by atoms with Crippen LogP contribution in [-0.4, -0.2) is 21.8 Å². The highest BCUT2D eigenvalue weighted by atomic mass is 19.1. The van der Waals surface area contributed by atoms with Gasteiger partial charge in [0.1, 0.15) is 41.0 Å². The molecule has 1 heterocycles. The highest BCUT2D eigenvalue weighted by molar-refractivity contribution is 5.97. The largest absolute Gasteiger partial charge is 0.347 e. The highest BCUT2D eigenvalue weighted by Crippen LogP contribution is 2.09. The van der Waals surface area contributed by atoms with Crippen molar-refractivity contribution in [3.63, 3.8) is 0 Å². The molecule has 0 saturated heterocycles. The lowest BCUT2D eigenvalue weighted by molar-refractivity contribution is 0.0944. The molecule has 3 aromatic rings. The molecule has 30 heavy (non-hydrogen) atoms. The van der Waals surface area contributed by atoms with Gasteiger partial charge in [-0.2, -0.15) is 0 Å². The monoisotopic (exact) mass is 418 g/mol. The molecule has 10 heteroatoms. The van der Waals surface area contributed by atoms with Crippen LogP contribution in [0.25, 0.3) is 0 Å². The Labute approximate surface area is 168 Å². The zero-order valence-electron chi connectivity index (χ0n) is 15.3. The van der Waals surface area contributed by atoms with Crippen LogP contribution in [0.4, 0.5) is 17.6 Å². The Hall–Kier alpha value is -3.82. The first-order valence-electron chi connectivity index (χ1n) is 8.58. The van der Waals surface area contributed by atoms with Crippen molar-refractivity contribution in [3.05, 3.63) is 94.6 Å². The Balaban J connectivity index is 1.62. The molecule has 2 aromatic carbocycles. The number of benzene rings is 2. The van der Waals surface area contributed by atoms with E-state index in [1.54, 1.807) is 0 Å². The van der Waals surface area contributed by atoms with Crippen LogP contribution in [0.3, 0.4) is 0 Å². The third kappa shape index (κ3) is 5.60. The van der Waals surface area contributed by atoms with Crippen LogP contribution in [0, 0.1) is 23.3 Å². The zero-order chi connectivity index (χ0) is 21.7. The van der Waals surface area contributed by atoms with Crippen LogP contribution in [0.2, 0.25) is 0 Å². The molecule has 2 amide bonds. The minimum absolute atomic E-state index is 0.149. The number of nitrogens with zero attached hydrogens (tertiary/aromatic N) is 2. The molecule has 0 spiro atoms. The van der Waals surface area contributed by atoms with Crippen molar-refractivity contribution in [1.82, 2.24) is 20.6 Å². The Bertz CT molecular complexity index is 985. The van der Waals surface area contributed by atoms with Gasteiger partial charge in [0, 0.05) is 31.3 Å². The Morgan fingerprint density at radius 2 is 1.00 bits per heavy atom. The van der Waals surface area contributed by atoms with Crippen LogP contribution in [0.1, 0.15) is 32.1 Å². The molecule has 0 radical (unpaired) electrons. The summed E-state index contributed by atoms with van der Waals surface area (Å²) in [6.45, 7) is -0.325. The maximum atomic E-state index is 13.2. The van der Waals surface area contributed by atoms with E-state index in [9.17, 15) is 27.2 Å². The Kier molecular flexibility index (Phi) is 6.35. The molecule has 2 N–H and O–H groups in total. The molecule has 0 aliphatic heterocycles. The number of rotatable bonds is 6. The molecule has 154 valence electrons. The molecule has 0 atom stereocenters. The van der Waals surface area contributed by atoms with Crippen molar-refractivity contribution in [2.75, 3.05) is 0 Å². The number of hydrogen-bond donors (Lipinski definition) is 2. The van der Waals surface area contributed by atoms with E-state index < -0.39 is 35.1 Å². The van der Waals surface area contributed by atoms with Gasteiger partial charge in [0.05, 0.1) is 0 Å². The van der Waals surface area contributed by atoms with Crippen molar-refractivity contribution in [2.45, 2.75) is 13.1 Å². The van der Waals surface area contributed by atoms with E-state index in [4.69, 9.17) is 0 Å². The lowest BCUT2D eigenvalue weighted by Crippen LogP contribution is -2.27. The summed E-state index contributed by atoms with van der Waals surface area (Å²) in [6.07, 6.45) is 0.994. The van der Waals surface area contributed by atoms with Crippen molar-refractivity contribution >= 4 is 11.8 Å². The second-order valence-electron chi connectivity index (χ2n) is 6.21. The van der Waals surface area contributed by atoms with E-state index in [2.05, 4.69) is 20.6 Å². The molecule has 0 saturated carbocycles. The maximum Gasteiger partial charge on any atom is 0.270 e. The minimum atomic E-state index is -0.779. The van der Waals surface area contributed by atoms with Gasteiger partial charge in [0.25, 0.3) is 11.8 Å². The smallest absolute Gasteiger partial charge is 0.270 e. The number of amides is 2. The summed E-state index contributed by atoms with van der Waals surface area (Å²) in [5.74, 6) is -4.50. The van der Waals surface area contributed by atoms with Gasteiger partial charge in [0.2, 0.25) is 0 Å². The number of halogens is 4. The van der Waals surface area contributed by atoms with Gasteiger partial charge in [-0.05, 0) is 35.4 Å². The summed E-state index contributed by atoms with van der Waals surface area (Å²) < 4.78 is 52.8. The predicted molar refractivity (Wildman–Crippen MR) is 97.1 cm³/mol. The van der Waals surface area contributed by atoms with Crippen LogP contribution >= 0.6 is 0 Å². The summed E-state index contributed by atoms with van der Waals surface area (Å²) in [4.78, 5) is 31.9. The summed E-state index contributed by atoms with van der Waals surface area (Å²) in [5.41, 5.74) is 0.109. The first kappa shape index (κ1) is 20.9. The van der Waals surface area contributed by atoms with E-state index in [1.807, 2.05) is 0 Å². The zero-order valence-corrected chi connectivity index (χ0v) is 15.3. The molecule has 0 bridgehead atoms. The van der Waals surface area contributed by atoms with Crippen molar-refractivity contribution in [1.29, 1.82) is 0 Å². The van der Waals surface area contributed by atoms with Crippen molar-refractivity contribution in [2.24, 2.45) is 0 Å². The average molecular weight is 418 g/mol. The van der Waals surface area contributed by atoms with E-state index in [-0.39, 0.29) is 35.6 Å². The quantitative estimate of drug-likeness (QED) is 0.603. The molecule has 3 rings (SSSR count). The topological polar surface area (TPSA) is 84.0 Å². The van der Waals surface area contributed by atoms with E-state index in [0.717, 1.165) is 36.7 Å². The minimum Gasteiger partial charge on any atom is -0.347 e. The third-order valence-electron chi connectivity index (χ3n) is 3.88. The van der Waals surface area contributed by atoms with Crippen LogP contribution in [0.5, 0.6) is 0 Å². The fraction of sp³-hybridized carbons (Fsp3) is 0.100. The fourth-order valence-electron chi connectivity index (χ4n) is 2.58. The average Bonchev–Trinajstić information content (AvgIpc) is 2.69. The van der Waals surface area contributed by atoms with Gasteiger partial charge >= 0.3 is 0 Å². The Morgan fingerprint density at radius 3 is 1.37 bits per heavy atom. The van der Waals surface area contributed by atoms with Crippen LogP contribution in [0.15, 0.2) is 48.8 Å². The molecular formula is C20H14F4N4O2. The van der Waals surface area contributed by atoms with Gasteiger partial charge in [-0.1, -0.05) is 0 Å². The second-order valence-corrected chi connectivity index (χ2v) is 6.21. The summed E-state index contributed by atoms with van der Waals surface area (Å²) >= 11 is 0. The summed E-state index contributed by atoms with van der Waals surface area (Å²) in [7, 11) is 0. The molecule has 1 aromatic heterocycles. The lowest BCUT2D eigenvalue weighted by Gasteiger charge is -2.08. The van der Waals surface area contributed by atoms with Gasteiger partial charge in [-0.3, -0.25) is 9.59 Å². The molecule has 0 unspecified atom stereocenters. The number of nitrogens with one attached hydrogen (secondary N) is 2. The van der Waals surface area contributed by atoms with Gasteiger partial charge in [-0.15, -0.1) is 0 Å². The number of hydrogen-bond acceptors (Lipinski definition) is 4. The van der Waals surface area contributed by atoms with Gasteiger partial charge in [-0.25, -0.2) is 27.5 Å². The molecule has 0 aliphatic rings. The molecule has 0 fully saturated rings. The molecular weight excluding hydrogens is 404 g/mol.